The summed E-state index contributed by atoms with van der Waals surface area (Å²) in [5, 5.41) is 15.7. The molecule has 2 aromatic rings. The lowest BCUT2D eigenvalue weighted by Crippen LogP contribution is -2.59. The van der Waals surface area contributed by atoms with Crippen LogP contribution in [0.3, 0.4) is 0 Å². The lowest BCUT2D eigenvalue weighted by atomic mass is 9.47. The van der Waals surface area contributed by atoms with Gasteiger partial charge in [0.1, 0.15) is 11.6 Å². The summed E-state index contributed by atoms with van der Waals surface area (Å²) in [7, 11) is 0. The minimum atomic E-state index is -0.708. The Morgan fingerprint density at radius 1 is 1.22 bits per heavy atom. The molecular formula is C20H20F2N2O2S. The summed E-state index contributed by atoms with van der Waals surface area (Å²) in [4.78, 5) is 17.4. The summed E-state index contributed by atoms with van der Waals surface area (Å²) in [6.07, 6.45) is 4.85. The zero-order valence-electron chi connectivity index (χ0n) is 14.7. The molecule has 4 atom stereocenters. The molecule has 2 unspecified atom stereocenters. The number of hydrogen-bond donors (Lipinski definition) is 2. The molecule has 27 heavy (non-hydrogen) atoms. The van der Waals surface area contributed by atoms with Crippen LogP contribution in [0.15, 0.2) is 23.6 Å². The van der Waals surface area contributed by atoms with E-state index in [4.69, 9.17) is 0 Å². The van der Waals surface area contributed by atoms with Crippen molar-refractivity contribution >= 4 is 22.4 Å². The zero-order valence-corrected chi connectivity index (χ0v) is 15.5. The van der Waals surface area contributed by atoms with Crippen molar-refractivity contribution < 1.29 is 18.7 Å². The number of anilines is 1. The molecule has 2 N–H and O–H groups in total. The standard InChI is InChI=1S/C20H20F2N2O2S/c21-13-1-2-15(22)14(4-13)16-9-27-18(23-16)24-17(25)19-5-11-3-12(6-19)8-20(26,7-11)10-19/h1-2,4,9,11-12,26H,3,5-8,10H2,(H,23,24,25)/t11-,12+,19?,20?. The predicted molar refractivity (Wildman–Crippen MR) is 98.2 cm³/mol. The first-order valence-corrected chi connectivity index (χ1v) is 10.2. The monoisotopic (exact) mass is 390 g/mol. The maximum absolute atomic E-state index is 14.0. The van der Waals surface area contributed by atoms with Gasteiger partial charge in [0, 0.05) is 10.9 Å². The molecule has 0 spiro atoms. The summed E-state index contributed by atoms with van der Waals surface area (Å²) in [5.41, 5.74) is -0.859. The molecule has 4 nitrogen and oxygen atoms in total. The van der Waals surface area contributed by atoms with Gasteiger partial charge in [0.25, 0.3) is 0 Å². The Labute approximate surface area is 159 Å². The topological polar surface area (TPSA) is 62.2 Å². The van der Waals surface area contributed by atoms with Crippen molar-refractivity contribution in [3.63, 3.8) is 0 Å². The van der Waals surface area contributed by atoms with Gasteiger partial charge in [0.05, 0.1) is 16.7 Å². The lowest BCUT2D eigenvalue weighted by molar-refractivity contribution is -0.174. The molecule has 4 aliphatic rings. The van der Waals surface area contributed by atoms with Crippen molar-refractivity contribution in [1.82, 2.24) is 4.98 Å². The molecule has 4 saturated carbocycles. The van der Waals surface area contributed by atoms with Gasteiger partial charge < -0.3 is 10.4 Å². The number of thiazole rings is 1. The Kier molecular flexibility index (Phi) is 3.72. The second-order valence-corrected chi connectivity index (χ2v) is 9.44. The molecule has 0 saturated heterocycles. The van der Waals surface area contributed by atoms with Crippen LogP contribution in [-0.2, 0) is 4.79 Å². The van der Waals surface area contributed by atoms with Crippen LogP contribution in [0.5, 0.6) is 0 Å². The molecule has 4 fully saturated rings. The fourth-order valence-corrected chi connectivity index (χ4v) is 6.56. The third-order valence-corrected chi connectivity index (χ3v) is 7.20. The van der Waals surface area contributed by atoms with Gasteiger partial charge in [-0.1, -0.05) is 0 Å². The van der Waals surface area contributed by atoms with E-state index < -0.39 is 22.7 Å². The average Bonchev–Trinajstić information content (AvgIpc) is 3.03. The molecule has 1 amide bonds. The van der Waals surface area contributed by atoms with Gasteiger partial charge in [-0.05, 0) is 68.6 Å². The van der Waals surface area contributed by atoms with E-state index in [1.807, 2.05) is 0 Å². The molecule has 1 aromatic heterocycles. The van der Waals surface area contributed by atoms with Crippen molar-refractivity contribution in [2.45, 2.75) is 44.1 Å². The van der Waals surface area contributed by atoms with Crippen molar-refractivity contribution in [2.24, 2.45) is 17.3 Å². The fourth-order valence-electron chi connectivity index (χ4n) is 5.86. The smallest absolute Gasteiger partial charge is 0.232 e. The van der Waals surface area contributed by atoms with Gasteiger partial charge in [-0.2, -0.15) is 0 Å². The van der Waals surface area contributed by atoms with Crippen molar-refractivity contribution in [1.29, 1.82) is 0 Å². The van der Waals surface area contributed by atoms with Crippen molar-refractivity contribution in [3.8, 4) is 11.3 Å². The molecule has 0 aliphatic heterocycles. The summed E-state index contributed by atoms with van der Waals surface area (Å²) in [6, 6.07) is 3.23. The van der Waals surface area contributed by atoms with Crippen LogP contribution in [0.1, 0.15) is 38.5 Å². The third-order valence-electron chi connectivity index (χ3n) is 6.44. The Balaban J connectivity index is 1.38. The molecule has 0 radical (unpaired) electrons. The zero-order chi connectivity index (χ0) is 18.8. The number of nitrogens with one attached hydrogen (secondary N) is 1. The highest BCUT2D eigenvalue weighted by atomic mass is 32.1. The van der Waals surface area contributed by atoms with E-state index in [1.54, 1.807) is 5.38 Å². The summed E-state index contributed by atoms with van der Waals surface area (Å²) < 4.78 is 27.4. The molecular weight excluding hydrogens is 370 g/mol. The summed E-state index contributed by atoms with van der Waals surface area (Å²) in [6.45, 7) is 0. The molecule has 1 heterocycles. The first kappa shape index (κ1) is 17.3. The number of carbonyl (C=O) groups excluding carboxylic acids is 1. The van der Waals surface area contributed by atoms with E-state index in [-0.39, 0.29) is 11.5 Å². The number of halogens is 2. The van der Waals surface area contributed by atoms with E-state index >= 15 is 0 Å². The molecule has 142 valence electrons. The first-order valence-electron chi connectivity index (χ1n) is 9.29. The van der Waals surface area contributed by atoms with E-state index in [0.29, 0.717) is 29.1 Å². The maximum Gasteiger partial charge on any atom is 0.232 e. The molecule has 6 rings (SSSR count). The van der Waals surface area contributed by atoms with Gasteiger partial charge in [-0.15, -0.1) is 11.3 Å². The molecule has 1 aromatic carbocycles. The highest BCUT2D eigenvalue weighted by Gasteiger charge is 2.60. The van der Waals surface area contributed by atoms with E-state index in [9.17, 15) is 18.7 Å². The Morgan fingerprint density at radius 2 is 1.96 bits per heavy atom. The Morgan fingerprint density at radius 3 is 2.67 bits per heavy atom. The highest BCUT2D eigenvalue weighted by Crippen LogP contribution is 2.61. The number of amides is 1. The second kappa shape index (κ2) is 5.82. The van der Waals surface area contributed by atoms with Crippen LogP contribution >= 0.6 is 11.3 Å². The average molecular weight is 390 g/mol. The number of benzene rings is 1. The summed E-state index contributed by atoms with van der Waals surface area (Å²) >= 11 is 1.20. The number of nitrogens with zero attached hydrogens (tertiary/aromatic N) is 1. The minimum Gasteiger partial charge on any atom is -0.390 e. The number of aliphatic hydroxyl groups is 1. The first-order chi connectivity index (χ1) is 12.8. The van der Waals surface area contributed by atoms with Crippen molar-refractivity contribution in [2.75, 3.05) is 5.32 Å². The number of hydrogen-bond acceptors (Lipinski definition) is 4. The van der Waals surface area contributed by atoms with Gasteiger partial charge in [0.2, 0.25) is 5.91 Å². The van der Waals surface area contributed by atoms with Crippen LogP contribution in [0.4, 0.5) is 13.9 Å². The van der Waals surface area contributed by atoms with Crippen LogP contribution < -0.4 is 5.32 Å². The van der Waals surface area contributed by atoms with Crippen molar-refractivity contribution in [3.05, 3.63) is 35.2 Å². The highest BCUT2D eigenvalue weighted by molar-refractivity contribution is 7.14. The molecule has 7 heteroatoms. The maximum atomic E-state index is 14.0. The number of aromatic nitrogens is 1. The number of carbonyl (C=O) groups is 1. The Bertz CT molecular complexity index is 914. The normalized spacial score (nSPS) is 34.0. The summed E-state index contributed by atoms with van der Waals surface area (Å²) in [5.74, 6) is -0.365. The van der Waals surface area contributed by atoms with Crippen LogP contribution in [0.2, 0.25) is 0 Å². The predicted octanol–water partition coefficient (Wildman–Crippen LogP) is 4.36. The van der Waals surface area contributed by atoms with Gasteiger partial charge in [-0.3, -0.25) is 4.79 Å². The minimum absolute atomic E-state index is 0.0795. The van der Waals surface area contributed by atoms with Crippen LogP contribution in [-0.4, -0.2) is 21.6 Å². The van der Waals surface area contributed by atoms with E-state index in [1.165, 1.54) is 11.3 Å². The number of rotatable bonds is 3. The SMILES string of the molecule is O=C(Nc1nc(-c2cc(F)ccc2F)cs1)C12C[C@@H]3C[C@@H](CC(O)(C3)C1)C2. The molecule has 4 bridgehead atoms. The van der Waals surface area contributed by atoms with Crippen LogP contribution in [0.25, 0.3) is 11.3 Å². The quantitative estimate of drug-likeness (QED) is 0.819. The molecule has 4 aliphatic carbocycles. The lowest BCUT2D eigenvalue weighted by Gasteiger charge is -2.59. The third kappa shape index (κ3) is 2.88. The van der Waals surface area contributed by atoms with Gasteiger partial charge in [-0.25, -0.2) is 13.8 Å². The van der Waals surface area contributed by atoms with Gasteiger partial charge >= 0.3 is 0 Å². The largest absolute Gasteiger partial charge is 0.390 e. The fraction of sp³-hybridized carbons (Fsp3) is 0.500. The van der Waals surface area contributed by atoms with E-state index in [2.05, 4.69) is 10.3 Å². The second-order valence-electron chi connectivity index (χ2n) is 8.58. The van der Waals surface area contributed by atoms with Crippen LogP contribution in [0, 0.1) is 28.9 Å². The van der Waals surface area contributed by atoms with E-state index in [0.717, 1.165) is 50.3 Å². The van der Waals surface area contributed by atoms with Gasteiger partial charge in [0.15, 0.2) is 5.13 Å². The Hall–Kier alpha value is -1.86.